The van der Waals surface area contributed by atoms with E-state index in [0.29, 0.717) is 0 Å². The summed E-state index contributed by atoms with van der Waals surface area (Å²) in [6, 6.07) is 1.37. The minimum Gasteiger partial charge on any atom is -0.211 e. The van der Waals surface area contributed by atoms with Crippen LogP contribution < -0.4 is 4.72 Å². The van der Waals surface area contributed by atoms with Crippen LogP contribution in [-0.4, -0.2) is 32.6 Å². The molecule has 0 aliphatic carbocycles. The molecule has 0 radical (unpaired) electrons. The number of nitriles is 1. The van der Waals surface area contributed by atoms with E-state index in [1.165, 1.54) is 17.7 Å². The minimum atomic E-state index is -4.44. The van der Waals surface area contributed by atoms with Gasteiger partial charge in [0, 0.05) is 0 Å². The molecule has 0 amide bonds. The summed E-state index contributed by atoms with van der Waals surface area (Å²) in [5.74, 6) is -4.44. The van der Waals surface area contributed by atoms with Gasteiger partial charge in [-0.25, -0.2) is 21.9 Å². The first-order valence-electron chi connectivity index (χ1n) is 4.21. The Morgan fingerprint density at radius 3 is 2.25 bits per heavy atom. The van der Waals surface area contributed by atoms with E-state index in [4.69, 9.17) is 5.26 Å². The maximum atomic E-state index is 12.4. The standard InChI is InChI=1S/C7H10F4N2O2S/c1-2-5(3-12)16(14,15)13-4-7(10,11)6(8)9/h5-6,13H,2,4H2,1H3. The molecule has 1 unspecified atom stereocenters. The molecule has 0 aliphatic heterocycles. The van der Waals surface area contributed by atoms with Crippen molar-refractivity contribution >= 4 is 10.0 Å². The smallest absolute Gasteiger partial charge is 0.211 e. The van der Waals surface area contributed by atoms with Crippen LogP contribution in [0.25, 0.3) is 0 Å². The highest BCUT2D eigenvalue weighted by Crippen LogP contribution is 2.22. The molecule has 94 valence electrons. The number of hydrogen-bond acceptors (Lipinski definition) is 3. The van der Waals surface area contributed by atoms with Crippen molar-refractivity contribution in [2.75, 3.05) is 6.54 Å². The first kappa shape index (κ1) is 15.1. The molecule has 0 heterocycles. The third-order valence-electron chi connectivity index (χ3n) is 1.72. The molecule has 0 spiro atoms. The van der Waals surface area contributed by atoms with Crippen LogP contribution in [0.1, 0.15) is 13.3 Å². The Bertz CT molecular complexity index is 363. The van der Waals surface area contributed by atoms with Gasteiger partial charge in [-0.3, -0.25) is 0 Å². The summed E-state index contributed by atoms with van der Waals surface area (Å²) in [6.45, 7) is -0.358. The van der Waals surface area contributed by atoms with E-state index < -0.39 is 34.2 Å². The van der Waals surface area contributed by atoms with Crippen molar-refractivity contribution in [3.8, 4) is 6.07 Å². The average Bonchev–Trinajstić information content (AvgIpc) is 2.16. The van der Waals surface area contributed by atoms with Crippen molar-refractivity contribution in [2.24, 2.45) is 0 Å². The Hall–Kier alpha value is -0.880. The van der Waals surface area contributed by atoms with Crippen LogP contribution in [-0.2, 0) is 10.0 Å². The summed E-state index contributed by atoms with van der Waals surface area (Å²) >= 11 is 0. The van der Waals surface area contributed by atoms with Gasteiger partial charge in [-0.15, -0.1) is 0 Å². The van der Waals surface area contributed by atoms with E-state index in [-0.39, 0.29) is 6.42 Å². The Labute approximate surface area is 90.3 Å². The number of halogens is 4. The number of alkyl halides is 4. The number of nitrogens with zero attached hydrogens (tertiary/aromatic N) is 1. The lowest BCUT2D eigenvalue weighted by Gasteiger charge is -2.17. The quantitative estimate of drug-likeness (QED) is 0.729. The molecule has 16 heavy (non-hydrogen) atoms. The van der Waals surface area contributed by atoms with E-state index >= 15 is 0 Å². The van der Waals surface area contributed by atoms with Gasteiger partial charge in [-0.2, -0.15) is 14.0 Å². The van der Waals surface area contributed by atoms with Crippen molar-refractivity contribution in [1.82, 2.24) is 4.72 Å². The molecule has 1 atom stereocenters. The lowest BCUT2D eigenvalue weighted by Crippen LogP contribution is -2.44. The highest BCUT2D eigenvalue weighted by atomic mass is 32.2. The summed E-state index contributed by atoms with van der Waals surface area (Å²) in [6.07, 6.45) is -4.08. The van der Waals surface area contributed by atoms with Crippen LogP contribution in [0.3, 0.4) is 0 Å². The van der Waals surface area contributed by atoms with E-state index in [9.17, 15) is 26.0 Å². The van der Waals surface area contributed by atoms with E-state index in [1.807, 2.05) is 0 Å². The molecule has 0 fully saturated rings. The van der Waals surface area contributed by atoms with Crippen molar-refractivity contribution in [2.45, 2.75) is 30.9 Å². The lowest BCUT2D eigenvalue weighted by atomic mass is 10.4. The molecule has 0 bridgehead atoms. The molecule has 1 N–H and O–H groups in total. The Balaban J connectivity index is 4.59. The fourth-order valence-electron chi connectivity index (χ4n) is 0.755. The average molecular weight is 262 g/mol. The molecule has 0 aromatic heterocycles. The van der Waals surface area contributed by atoms with Crippen molar-refractivity contribution < 1.29 is 26.0 Å². The molecule has 0 saturated carbocycles. The predicted octanol–water partition coefficient (Wildman–Crippen LogP) is 1.11. The first-order chi connectivity index (χ1) is 7.17. The fraction of sp³-hybridized carbons (Fsp3) is 0.857. The van der Waals surface area contributed by atoms with Gasteiger partial charge in [0.2, 0.25) is 10.0 Å². The van der Waals surface area contributed by atoms with Gasteiger partial charge in [0.05, 0.1) is 12.6 Å². The van der Waals surface area contributed by atoms with Crippen molar-refractivity contribution in [1.29, 1.82) is 5.26 Å². The van der Waals surface area contributed by atoms with Gasteiger partial charge in [-0.1, -0.05) is 6.92 Å². The van der Waals surface area contributed by atoms with Crippen LogP contribution in [0.5, 0.6) is 0 Å². The molecular weight excluding hydrogens is 252 g/mol. The van der Waals surface area contributed by atoms with Crippen LogP contribution >= 0.6 is 0 Å². The molecule has 4 nitrogen and oxygen atoms in total. The normalized spacial score (nSPS) is 14.8. The second-order valence-electron chi connectivity index (χ2n) is 2.95. The van der Waals surface area contributed by atoms with Gasteiger partial charge in [-0.05, 0) is 6.42 Å². The third-order valence-corrected chi connectivity index (χ3v) is 3.45. The predicted molar refractivity (Wildman–Crippen MR) is 47.6 cm³/mol. The Morgan fingerprint density at radius 2 is 1.94 bits per heavy atom. The summed E-state index contributed by atoms with van der Waals surface area (Å²) in [5, 5.41) is 6.87. The van der Waals surface area contributed by atoms with Gasteiger partial charge in [0.25, 0.3) is 0 Å². The van der Waals surface area contributed by atoms with E-state index in [2.05, 4.69) is 0 Å². The molecule has 0 aromatic rings. The largest absolute Gasteiger partial charge is 0.320 e. The highest BCUT2D eigenvalue weighted by molar-refractivity contribution is 7.90. The van der Waals surface area contributed by atoms with E-state index in [0.717, 1.165) is 0 Å². The number of nitrogens with one attached hydrogen (secondary N) is 1. The van der Waals surface area contributed by atoms with Crippen LogP contribution in [0.15, 0.2) is 0 Å². The van der Waals surface area contributed by atoms with Crippen molar-refractivity contribution in [3.63, 3.8) is 0 Å². The zero-order chi connectivity index (χ0) is 13.0. The summed E-state index contributed by atoms with van der Waals surface area (Å²) in [5.41, 5.74) is 0. The summed E-state index contributed by atoms with van der Waals surface area (Å²) < 4.78 is 71.8. The van der Waals surface area contributed by atoms with Crippen LogP contribution in [0.4, 0.5) is 17.6 Å². The maximum Gasteiger partial charge on any atom is 0.320 e. The molecule has 0 aliphatic rings. The number of rotatable bonds is 6. The van der Waals surface area contributed by atoms with Crippen LogP contribution in [0, 0.1) is 11.3 Å². The second-order valence-corrected chi connectivity index (χ2v) is 4.90. The first-order valence-corrected chi connectivity index (χ1v) is 5.76. The summed E-state index contributed by atoms with van der Waals surface area (Å²) in [4.78, 5) is 0. The Kier molecular flexibility index (Phi) is 5.15. The number of sulfonamides is 1. The Morgan fingerprint density at radius 1 is 1.44 bits per heavy atom. The van der Waals surface area contributed by atoms with Gasteiger partial charge in [0.15, 0.2) is 5.25 Å². The zero-order valence-electron chi connectivity index (χ0n) is 8.25. The minimum absolute atomic E-state index is 0.119. The van der Waals surface area contributed by atoms with Gasteiger partial charge >= 0.3 is 12.3 Å². The molecular formula is C7H10F4N2O2S. The second kappa shape index (κ2) is 5.45. The fourth-order valence-corrected chi connectivity index (χ4v) is 1.93. The number of hydrogen-bond donors (Lipinski definition) is 1. The molecule has 9 heteroatoms. The van der Waals surface area contributed by atoms with Crippen LogP contribution in [0.2, 0.25) is 0 Å². The molecule has 0 saturated heterocycles. The zero-order valence-corrected chi connectivity index (χ0v) is 9.07. The van der Waals surface area contributed by atoms with Gasteiger partial charge < -0.3 is 0 Å². The summed E-state index contributed by atoms with van der Waals surface area (Å²) in [7, 11) is -4.31. The maximum absolute atomic E-state index is 12.4. The molecule has 0 rings (SSSR count). The van der Waals surface area contributed by atoms with Crippen molar-refractivity contribution in [3.05, 3.63) is 0 Å². The SMILES string of the molecule is CCC(C#N)S(=O)(=O)NCC(F)(F)C(F)F. The highest BCUT2D eigenvalue weighted by Gasteiger charge is 2.42. The molecule has 0 aromatic carbocycles. The van der Waals surface area contributed by atoms with E-state index in [1.54, 1.807) is 0 Å². The third kappa shape index (κ3) is 3.94. The topological polar surface area (TPSA) is 70.0 Å². The monoisotopic (exact) mass is 262 g/mol. The lowest BCUT2D eigenvalue weighted by molar-refractivity contribution is -0.122. The van der Waals surface area contributed by atoms with Gasteiger partial charge in [0.1, 0.15) is 0 Å².